The summed E-state index contributed by atoms with van der Waals surface area (Å²) in [5.41, 5.74) is 11.0. The predicted molar refractivity (Wildman–Crippen MR) is 103 cm³/mol. The van der Waals surface area contributed by atoms with Gasteiger partial charge in [0, 0.05) is 18.2 Å². The van der Waals surface area contributed by atoms with Gasteiger partial charge < -0.3 is 16.6 Å². The van der Waals surface area contributed by atoms with Gasteiger partial charge in [-0.2, -0.15) is 0 Å². The second kappa shape index (κ2) is 8.49. The molecule has 0 saturated heterocycles. The third kappa shape index (κ3) is 4.37. The van der Waals surface area contributed by atoms with E-state index < -0.39 is 38.8 Å². The van der Waals surface area contributed by atoms with Gasteiger partial charge in [-0.3, -0.25) is 14.4 Å². The fourth-order valence-corrected chi connectivity index (χ4v) is 4.83. The molecule has 1 atom stereocenters. The molecule has 0 aliphatic carbocycles. The van der Waals surface area contributed by atoms with Crippen molar-refractivity contribution in [3.05, 3.63) is 42.5 Å². The van der Waals surface area contributed by atoms with E-state index in [1.54, 1.807) is 30.3 Å². The van der Waals surface area contributed by atoms with Gasteiger partial charge in [0.05, 0.1) is 11.3 Å². The summed E-state index contributed by atoms with van der Waals surface area (Å²) in [7, 11) is -4.52. The first-order valence-electron chi connectivity index (χ1n) is 8.64. The number of amides is 1. The van der Waals surface area contributed by atoms with E-state index in [0.717, 1.165) is 0 Å². The number of primary amides is 1. The first-order chi connectivity index (χ1) is 13.1. The zero-order valence-electron chi connectivity index (χ0n) is 15.1. The molecule has 0 radical (unpaired) electrons. The molecule has 2 aromatic rings. The monoisotopic (exact) mass is 406 g/mol. The molecule has 0 heterocycles. The Morgan fingerprint density at radius 3 is 2.21 bits per heavy atom. The minimum absolute atomic E-state index is 0.0415. The highest BCUT2D eigenvalue weighted by atomic mass is 32.2. The number of nitrogens with two attached hydrogens (primary N) is 2. The Bertz CT molecular complexity index is 1010. The molecule has 0 bridgehead atoms. The highest BCUT2D eigenvalue weighted by Gasteiger charge is 2.49. The average molecular weight is 406 g/mol. The fourth-order valence-electron chi connectivity index (χ4n) is 2.99. The summed E-state index contributed by atoms with van der Waals surface area (Å²) >= 11 is 0. The second-order valence-electron chi connectivity index (χ2n) is 6.54. The van der Waals surface area contributed by atoms with E-state index >= 15 is 0 Å². The van der Waals surface area contributed by atoms with Crippen LogP contribution in [0.2, 0.25) is 0 Å². The number of benzene rings is 2. The van der Waals surface area contributed by atoms with E-state index in [4.69, 9.17) is 11.5 Å². The normalized spacial score (nSPS) is 13.8. The van der Waals surface area contributed by atoms with Crippen LogP contribution in [-0.2, 0) is 24.2 Å². The lowest BCUT2D eigenvalue weighted by molar-refractivity contribution is -0.139. The number of rotatable bonds is 10. The van der Waals surface area contributed by atoms with Gasteiger partial charge in [-0.1, -0.05) is 36.4 Å². The van der Waals surface area contributed by atoms with Crippen LogP contribution in [0.5, 0.6) is 0 Å². The van der Waals surface area contributed by atoms with Crippen LogP contribution in [-0.4, -0.2) is 36.1 Å². The van der Waals surface area contributed by atoms with Gasteiger partial charge in [0.2, 0.25) is 15.7 Å². The van der Waals surface area contributed by atoms with Crippen molar-refractivity contribution in [3.63, 3.8) is 0 Å². The minimum Gasteiger partial charge on any atom is -0.481 e. The molecule has 0 aliphatic heterocycles. The SMILES string of the molecule is NC(=O)CCCCC(=O)[C@@](N)(CC(=O)O)S(=O)(=O)c1cccc2ccccc12. The third-order valence-corrected chi connectivity index (χ3v) is 6.75. The Labute approximate surface area is 162 Å². The highest BCUT2D eigenvalue weighted by Crippen LogP contribution is 2.32. The van der Waals surface area contributed by atoms with Crippen LogP contribution in [0.25, 0.3) is 10.8 Å². The van der Waals surface area contributed by atoms with Crippen LogP contribution in [0.3, 0.4) is 0 Å². The molecule has 2 aromatic carbocycles. The van der Waals surface area contributed by atoms with Crippen molar-refractivity contribution >= 4 is 38.3 Å². The number of carbonyl (C=O) groups is 3. The molecule has 5 N–H and O–H groups in total. The number of hydrogen-bond donors (Lipinski definition) is 3. The van der Waals surface area contributed by atoms with Crippen LogP contribution in [0.4, 0.5) is 0 Å². The largest absolute Gasteiger partial charge is 0.481 e. The first-order valence-corrected chi connectivity index (χ1v) is 10.1. The maximum atomic E-state index is 13.3. The standard InChI is InChI=1S/C19H22N2O6S/c20-17(23)11-4-3-10-16(22)19(21,12-18(24)25)28(26,27)15-9-5-7-13-6-1-2-8-14(13)15/h1-2,5-9H,3-4,10-12,21H2,(H2,20,23)(H,24,25)/t19-/m1/s1. The molecule has 2 rings (SSSR count). The number of carboxylic acid groups (broad SMARTS) is 1. The lowest BCUT2D eigenvalue weighted by atomic mass is 10.0. The van der Waals surface area contributed by atoms with Crippen LogP contribution in [0, 0.1) is 0 Å². The van der Waals surface area contributed by atoms with Gasteiger partial charge in [0.15, 0.2) is 10.7 Å². The molecule has 0 aliphatic rings. The van der Waals surface area contributed by atoms with Gasteiger partial charge in [0.25, 0.3) is 0 Å². The molecular weight excluding hydrogens is 384 g/mol. The maximum absolute atomic E-state index is 13.3. The molecule has 8 nitrogen and oxygen atoms in total. The van der Waals surface area contributed by atoms with Crippen molar-refractivity contribution in [1.82, 2.24) is 0 Å². The quantitative estimate of drug-likeness (QED) is 0.502. The van der Waals surface area contributed by atoms with Crippen molar-refractivity contribution in [2.75, 3.05) is 0 Å². The molecule has 150 valence electrons. The van der Waals surface area contributed by atoms with Gasteiger partial charge in [-0.25, -0.2) is 8.42 Å². The summed E-state index contributed by atoms with van der Waals surface area (Å²) in [6, 6.07) is 11.2. The number of hydrogen-bond acceptors (Lipinski definition) is 6. The average Bonchev–Trinajstić information content (AvgIpc) is 2.63. The summed E-state index contributed by atoms with van der Waals surface area (Å²) in [4.78, 5) is 32.0. The van der Waals surface area contributed by atoms with Crippen molar-refractivity contribution in [1.29, 1.82) is 0 Å². The van der Waals surface area contributed by atoms with Gasteiger partial charge in [-0.05, 0) is 24.3 Å². The second-order valence-corrected chi connectivity index (χ2v) is 8.71. The van der Waals surface area contributed by atoms with Crippen molar-refractivity contribution in [3.8, 4) is 0 Å². The maximum Gasteiger partial charge on any atom is 0.306 e. The van der Waals surface area contributed by atoms with E-state index in [-0.39, 0.29) is 30.6 Å². The van der Waals surface area contributed by atoms with E-state index in [1.807, 2.05) is 0 Å². The van der Waals surface area contributed by atoms with E-state index in [9.17, 15) is 27.9 Å². The molecule has 0 spiro atoms. The molecule has 0 unspecified atom stereocenters. The lowest BCUT2D eigenvalue weighted by Gasteiger charge is -2.27. The van der Waals surface area contributed by atoms with Gasteiger partial charge in [-0.15, -0.1) is 0 Å². The number of sulfone groups is 1. The molecule has 1 amide bonds. The zero-order chi connectivity index (χ0) is 20.9. The minimum atomic E-state index is -4.52. The Balaban J connectivity index is 2.46. The van der Waals surface area contributed by atoms with Crippen LogP contribution < -0.4 is 11.5 Å². The molecule has 0 saturated carbocycles. The lowest BCUT2D eigenvalue weighted by Crippen LogP contribution is -2.56. The number of Topliss-reactive ketones (excluding diaryl/α,β-unsaturated/α-hetero) is 1. The highest BCUT2D eigenvalue weighted by molar-refractivity contribution is 7.93. The van der Waals surface area contributed by atoms with E-state index in [1.165, 1.54) is 12.1 Å². The summed E-state index contributed by atoms with van der Waals surface area (Å²) in [5.74, 6) is -2.95. The molecule has 9 heteroatoms. The van der Waals surface area contributed by atoms with Gasteiger partial charge in [0.1, 0.15) is 0 Å². The van der Waals surface area contributed by atoms with E-state index in [0.29, 0.717) is 10.8 Å². The van der Waals surface area contributed by atoms with Crippen molar-refractivity contribution in [2.45, 2.75) is 41.9 Å². The Morgan fingerprint density at radius 1 is 0.964 bits per heavy atom. The summed E-state index contributed by atoms with van der Waals surface area (Å²) in [6.45, 7) is 0. The smallest absolute Gasteiger partial charge is 0.306 e. The number of ketones is 1. The summed E-state index contributed by atoms with van der Waals surface area (Å²) in [6.07, 6.45) is -0.849. The van der Waals surface area contributed by atoms with Crippen LogP contribution in [0.1, 0.15) is 32.1 Å². The van der Waals surface area contributed by atoms with Gasteiger partial charge >= 0.3 is 5.97 Å². The Hall–Kier alpha value is -2.78. The third-order valence-electron chi connectivity index (χ3n) is 4.48. The summed E-state index contributed by atoms with van der Waals surface area (Å²) in [5, 5.41) is 10.2. The topological polar surface area (TPSA) is 158 Å². The fraction of sp³-hybridized carbons (Fsp3) is 0.316. The van der Waals surface area contributed by atoms with Crippen LogP contribution in [0.15, 0.2) is 47.4 Å². The molecule has 0 fully saturated rings. The Kier molecular flexibility index (Phi) is 6.52. The zero-order valence-corrected chi connectivity index (χ0v) is 15.9. The van der Waals surface area contributed by atoms with Crippen molar-refractivity contribution in [2.24, 2.45) is 11.5 Å². The number of carboxylic acids is 1. The molecule has 28 heavy (non-hydrogen) atoms. The number of fused-ring (bicyclic) bond motifs is 1. The first kappa shape index (κ1) is 21.5. The molecule has 0 aromatic heterocycles. The van der Waals surface area contributed by atoms with Crippen molar-refractivity contribution < 1.29 is 27.9 Å². The van der Waals surface area contributed by atoms with E-state index in [2.05, 4.69) is 0 Å². The number of aliphatic carboxylic acids is 1. The van der Waals surface area contributed by atoms with Crippen LogP contribution >= 0.6 is 0 Å². The molecular formula is C19H22N2O6S. The predicted octanol–water partition coefficient (Wildman–Crippen LogP) is 1.36. The summed E-state index contributed by atoms with van der Waals surface area (Å²) < 4.78 is 26.6. The Morgan fingerprint density at radius 2 is 1.57 bits per heavy atom. The number of carbonyl (C=O) groups excluding carboxylic acids is 2. The number of unbranched alkanes of at least 4 members (excludes halogenated alkanes) is 1.